The smallest absolute Gasteiger partial charge is 0.538 e. The van der Waals surface area contributed by atoms with Crippen LogP contribution >= 0.6 is 0 Å². The summed E-state index contributed by atoms with van der Waals surface area (Å²) in [5.41, 5.74) is 11.8. The first kappa shape index (κ1) is 58.4. The molecule has 0 radical (unpaired) electrons. The van der Waals surface area contributed by atoms with Crippen molar-refractivity contribution in [2.75, 3.05) is 39.6 Å². The summed E-state index contributed by atoms with van der Waals surface area (Å²) in [5, 5.41) is 12.6. The molecule has 9 heteroatoms. The molecule has 0 spiro atoms. The van der Waals surface area contributed by atoms with Gasteiger partial charge in [0.1, 0.15) is 29.9 Å². The van der Waals surface area contributed by atoms with Gasteiger partial charge in [-0.2, -0.15) is 31.0 Å². The molecule has 380 valence electrons. The van der Waals surface area contributed by atoms with Crippen molar-refractivity contribution in [1.82, 2.24) is 4.57 Å². The maximum absolute atomic E-state index is 12.6. The van der Waals surface area contributed by atoms with Gasteiger partial charge in [-0.15, -0.1) is 0 Å². The van der Waals surface area contributed by atoms with Crippen LogP contribution in [-0.2, 0) is 14.2 Å². The molecule has 0 N–H and O–H groups in total. The number of carboxylic acid groups (broad SMARTS) is 1. The number of aromatic carboxylic acids is 1. The average Bonchev–Trinajstić information content (AvgIpc) is 4.28. The molecule has 0 unspecified atom stereocenters. The van der Waals surface area contributed by atoms with Crippen LogP contribution in [0.25, 0.3) is 11.4 Å². The van der Waals surface area contributed by atoms with Crippen LogP contribution in [0, 0.1) is 0 Å². The molecule has 3 aliphatic heterocycles. The third kappa shape index (κ3) is 15.3. The van der Waals surface area contributed by atoms with Crippen LogP contribution in [0.3, 0.4) is 0 Å². The van der Waals surface area contributed by atoms with Gasteiger partial charge in [0.25, 0.3) is 0 Å². The minimum atomic E-state index is -1.22. The first-order valence-corrected chi connectivity index (χ1v) is 26.7. The van der Waals surface area contributed by atoms with Crippen molar-refractivity contribution in [3.05, 3.63) is 198 Å². The molecule has 7 nitrogen and oxygen atoms in total. The SMILES string of the molecule is C1CCOC1.C1CCOC1.C1CCOC1.CC(C)c1cccc(C(C)C)c1-n1cc[n+](-c2c(C(C)C)cccc2C(C)C)c1C(=O)[O-].[Li+].c1ccc([B-](c2ccccc2)(c2ccccc2)c2ccccc2)cc1. The molecule has 4 heterocycles. The number of aromatic nitrogens is 2. The Morgan fingerprint density at radius 1 is 0.452 bits per heavy atom. The van der Waals surface area contributed by atoms with Gasteiger partial charge >= 0.3 is 24.7 Å². The summed E-state index contributed by atoms with van der Waals surface area (Å²) in [4.78, 5) is 12.6. The minimum Gasteiger partial charge on any atom is -0.538 e. The van der Waals surface area contributed by atoms with Crippen LogP contribution in [0.15, 0.2) is 170 Å². The van der Waals surface area contributed by atoms with Crippen molar-refractivity contribution in [3.8, 4) is 11.4 Å². The maximum Gasteiger partial charge on any atom is 1.00 e. The van der Waals surface area contributed by atoms with Crippen molar-refractivity contribution in [3.63, 3.8) is 0 Å². The summed E-state index contributed by atoms with van der Waals surface area (Å²) in [6.45, 7) is 23.1. The molecule has 1 aromatic heterocycles. The molecule has 7 aromatic rings. The van der Waals surface area contributed by atoms with Crippen molar-refractivity contribution in [2.45, 2.75) is 118 Å². The Morgan fingerprint density at radius 2 is 0.740 bits per heavy atom. The number of ether oxygens (including phenoxy) is 3. The number of hydrogen-bond donors (Lipinski definition) is 0. The molecular formula is C64H80BLiN2O5. The van der Waals surface area contributed by atoms with E-state index in [9.17, 15) is 9.90 Å². The van der Waals surface area contributed by atoms with Crippen LogP contribution in [0.2, 0.25) is 0 Å². The van der Waals surface area contributed by atoms with Crippen molar-refractivity contribution in [2.24, 2.45) is 0 Å². The van der Waals surface area contributed by atoms with E-state index in [4.69, 9.17) is 14.2 Å². The second-order valence-electron chi connectivity index (χ2n) is 20.3. The quantitative estimate of drug-likeness (QED) is 0.0970. The second-order valence-corrected chi connectivity index (χ2v) is 20.3. The van der Waals surface area contributed by atoms with Crippen LogP contribution in [0.1, 0.15) is 150 Å². The zero-order chi connectivity index (χ0) is 51.3. The molecule has 6 aromatic carbocycles. The van der Waals surface area contributed by atoms with Crippen LogP contribution in [0.5, 0.6) is 0 Å². The fourth-order valence-corrected chi connectivity index (χ4v) is 10.2. The molecule has 0 saturated carbocycles. The van der Waals surface area contributed by atoms with Gasteiger partial charge in [0.15, 0.2) is 5.97 Å². The summed E-state index contributed by atoms with van der Waals surface area (Å²) in [7, 11) is 0. The second kappa shape index (κ2) is 30.0. The van der Waals surface area contributed by atoms with Gasteiger partial charge in [0, 0.05) is 61.9 Å². The Hall–Kier alpha value is -5.46. The number of carbonyl (C=O) groups is 1. The summed E-state index contributed by atoms with van der Waals surface area (Å²) >= 11 is 0. The fourth-order valence-electron chi connectivity index (χ4n) is 10.2. The van der Waals surface area contributed by atoms with E-state index in [-0.39, 0.29) is 48.4 Å². The third-order valence-corrected chi connectivity index (χ3v) is 13.9. The molecule has 0 amide bonds. The Balaban J connectivity index is 0.000000210. The van der Waals surface area contributed by atoms with Crippen LogP contribution in [0.4, 0.5) is 0 Å². The topological polar surface area (TPSA) is 76.6 Å². The Labute approximate surface area is 450 Å². The number of benzene rings is 6. The monoisotopic (exact) mass is 975 g/mol. The van der Waals surface area contributed by atoms with Gasteiger partial charge in [0.2, 0.25) is 0 Å². The molecule has 3 aliphatic rings. The number of rotatable bonds is 11. The van der Waals surface area contributed by atoms with Crippen LogP contribution < -0.4 is 50.4 Å². The zero-order valence-corrected chi connectivity index (χ0v) is 45.5. The minimum absolute atomic E-state index is 0. The molecule has 73 heavy (non-hydrogen) atoms. The van der Waals surface area contributed by atoms with Gasteiger partial charge in [-0.3, -0.25) is 0 Å². The van der Waals surface area contributed by atoms with Gasteiger partial charge in [-0.1, -0.05) is 213 Å². The first-order chi connectivity index (χ1) is 35.0. The van der Waals surface area contributed by atoms with E-state index in [1.165, 1.54) is 60.4 Å². The van der Waals surface area contributed by atoms with E-state index in [0.717, 1.165) is 73.3 Å². The zero-order valence-electron chi connectivity index (χ0n) is 45.5. The van der Waals surface area contributed by atoms with Gasteiger partial charge in [-0.25, -0.2) is 0 Å². The molecule has 10 rings (SSSR count). The first-order valence-electron chi connectivity index (χ1n) is 26.7. The number of carbonyl (C=O) groups excluding carboxylic acids is 1. The summed E-state index contributed by atoms with van der Waals surface area (Å²) in [5.74, 6) is -0.0233. The number of para-hydroxylation sites is 2. The van der Waals surface area contributed by atoms with Gasteiger partial charge < -0.3 is 24.1 Å². The Kier molecular flexibility index (Phi) is 24.0. The van der Waals surface area contributed by atoms with Gasteiger partial charge in [0.05, 0.1) is 0 Å². The largest absolute Gasteiger partial charge is 1.00 e. The standard InChI is InChI=1S/C28H36N2O2.C24H20B.3C4H8O.Li/c1-17(2)21-11-9-12-22(18(3)4)25(21)29-15-16-30(27(29)28(31)32)26-23(19(5)6)13-10-14-24(26)20(7)8;1-5-13-21(14-6-1)25(22-15-7-2-8-16-22,23-17-9-3-10-18-23)24-19-11-4-12-20-24;3*1-2-4-5-3-1;/h9-20H,1-8H3;1-20H;3*1-4H2;/q;-1;;;;+1. The van der Waals surface area contributed by atoms with E-state index in [0.29, 0.717) is 0 Å². The predicted octanol–water partition coefficient (Wildman–Crippen LogP) is 8.07. The Morgan fingerprint density at radius 3 is 0.986 bits per heavy atom. The van der Waals surface area contributed by atoms with E-state index < -0.39 is 12.1 Å². The van der Waals surface area contributed by atoms with E-state index in [1.807, 2.05) is 21.5 Å². The van der Waals surface area contributed by atoms with E-state index in [2.05, 4.69) is 213 Å². The predicted molar refractivity (Wildman–Crippen MR) is 298 cm³/mol. The van der Waals surface area contributed by atoms with Crippen LogP contribution in [-0.4, -0.2) is 56.3 Å². The van der Waals surface area contributed by atoms with Crippen molar-refractivity contribution < 1.29 is 47.5 Å². The van der Waals surface area contributed by atoms with Crippen molar-refractivity contribution in [1.29, 1.82) is 0 Å². The molecule has 3 fully saturated rings. The maximum atomic E-state index is 12.6. The summed E-state index contributed by atoms with van der Waals surface area (Å²) < 4.78 is 18.5. The number of nitrogens with zero attached hydrogens (tertiary/aromatic N) is 2. The van der Waals surface area contributed by atoms with E-state index >= 15 is 0 Å². The molecule has 0 aliphatic carbocycles. The average molecular weight is 975 g/mol. The molecule has 3 saturated heterocycles. The number of imidazole rings is 1. The summed E-state index contributed by atoms with van der Waals surface area (Å²) in [6, 6.07) is 56.0. The van der Waals surface area contributed by atoms with E-state index in [1.54, 1.807) is 0 Å². The normalized spacial score (nSPS) is 14.0. The molecule has 0 bridgehead atoms. The number of hydrogen-bond acceptors (Lipinski definition) is 5. The van der Waals surface area contributed by atoms with Gasteiger partial charge in [-0.05, 0) is 62.2 Å². The van der Waals surface area contributed by atoms with Crippen molar-refractivity contribution >= 4 is 34.0 Å². The summed E-state index contributed by atoms with van der Waals surface area (Å²) in [6.07, 6.45) is 10.2. The molecule has 0 atom stereocenters. The Bertz CT molecular complexity index is 2320. The molecular weight excluding hydrogens is 894 g/mol. The number of carboxylic acids is 1. The fraction of sp³-hybridized carbons (Fsp3) is 0.375. The third-order valence-electron chi connectivity index (χ3n) is 13.9.